The Bertz CT molecular complexity index is 691. The van der Waals surface area contributed by atoms with Gasteiger partial charge in [0.25, 0.3) is 0 Å². The number of benzene rings is 2. The highest BCUT2D eigenvalue weighted by molar-refractivity contribution is 14.1. The van der Waals surface area contributed by atoms with Crippen molar-refractivity contribution in [2.24, 2.45) is 0 Å². The monoisotopic (exact) mass is 433 g/mol. The topological polar surface area (TPSA) is 23.5 Å². The summed E-state index contributed by atoms with van der Waals surface area (Å²) >= 11 is 2.37. The van der Waals surface area contributed by atoms with Crippen molar-refractivity contribution in [3.05, 3.63) is 68.8 Å². The summed E-state index contributed by atoms with van der Waals surface area (Å²) in [5.41, 5.74) is 4.23. The van der Waals surface area contributed by atoms with Gasteiger partial charge < -0.3 is 5.11 Å². The molecule has 1 aliphatic heterocycles. The molecule has 4 rings (SSSR count). The third-order valence-electron chi connectivity index (χ3n) is 5.76. The lowest BCUT2D eigenvalue weighted by atomic mass is 9.83. The first-order valence-electron chi connectivity index (χ1n) is 8.95. The van der Waals surface area contributed by atoms with Crippen LogP contribution >= 0.6 is 22.6 Å². The van der Waals surface area contributed by atoms with E-state index in [0.717, 1.165) is 25.9 Å². The zero-order chi connectivity index (χ0) is 16.5. The van der Waals surface area contributed by atoms with Gasteiger partial charge >= 0.3 is 0 Å². The van der Waals surface area contributed by atoms with Gasteiger partial charge in [0.1, 0.15) is 0 Å². The smallest absolute Gasteiger partial charge is 0.0738 e. The summed E-state index contributed by atoms with van der Waals surface area (Å²) in [5.74, 6) is 0.672. The van der Waals surface area contributed by atoms with Gasteiger partial charge in [-0.2, -0.15) is 0 Å². The molecule has 24 heavy (non-hydrogen) atoms. The van der Waals surface area contributed by atoms with E-state index in [1.54, 1.807) is 0 Å². The Balaban J connectivity index is 1.42. The fourth-order valence-electron chi connectivity index (χ4n) is 4.35. The van der Waals surface area contributed by atoms with Gasteiger partial charge in [0.05, 0.1) is 6.10 Å². The Hall–Kier alpha value is -0.910. The number of piperidine rings is 1. The van der Waals surface area contributed by atoms with E-state index < -0.39 is 0 Å². The highest BCUT2D eigenvalue weighted by Gasteiger charge is 2.33. The SMILES string of the molecule is O[C@@H]1Cc2ccccc2C[C@H]1N1CCC(c2ccc(I)cc2)CC1. The third kappa shape index (κ3) is 3.39. The molecule has 2 atom stereocenters. The molecule has 0 spiro atoms. The van der Waals surface area contributed by atoms with Crippen molar-refractivity contribution in [2.45, 2.75) is 43.7 Å². The zero-order valence-electron chi connectivity index (χ0n) is 13.9. The summed E-state index contributed by atoms with van der Waals surface area (Å²) in [7, 11) is 0. The molecule has 1 fully saturated rings. The number of fused-ring (bicyclic) bond motifs is 1. The summed E-state index contributed by atoms with van der Waals surface area (Å²) in [6.45, 7) is 2.20. The van der Waals surface area contributed by atoms with E-state index in [-0.39, 0.29) is 12.1 Å². The molecule has 0 radical (unpaired) electrons. The number of hydrogen-bond donors (Lipinski definition) is 1. The number of aliphatic hydroxyl groups excluding tert-OH is 1. The van der Waals surface area contributed by atoms with E-state index in [1.807, 2.05) is 0 Å². The molecule has 0 saturated carbocycles. The molecule has 0 amide bonds. The van der Waals surface area contributed by atoms with Crippen LogP contribution in [0.1, 0.15) is 35.4 Å². The summed E-state index contributed by atoms with van der Waals surface area (Å²) < 4.78 is 1.30. The first-order chi connectivity index (χ1) is 11.7. The van der Waals surface area contributed by atoms with Gasteiger partial charge in [-0.1, -0.05) is 36.4 Å². The van der Waals surface area contributed by atoms with E-state index in [1.165, 1.54) is 33.1 Å². The van der Waals surface area contributed by atoms with Crippen LogP contribution in [-0.4, -0.2) is 35.2 Å². The predicted octanol–water partition coefficient (Wildman–Crippen LogP) is 4.00. The summed E-state index contributed by atoms with van der Waals surface area (Å²) in [5, 5.41) is 10.6. The van der Waals surface area contributed by atoms with Crippen molar-refractivity contribution in [1.29, 1.82) is 0 Å². The minimum atomic E-state index is -0.227. The molecule has 2 aliphatic rings. The van der Waals surface area contributed by atoms with Crippen LogP contribution in [0.3, 0.4) is 0 Å². The van der Waals surface area contributed by atoms with Gasteiger partial charge in [-0.3, -0.25) is 4.90 Å². The van der Waals surface area contributed by atoms with Crippen LogP contribution in [0.25, 0.3) is 0 Å². The Kier molecular flexibility index (Phi) is 4.93. The summed E-state index contributed by atoms with van der Waals surface area (Å²) in [6, 6.07) is 17.9. The van der Waals surface area contributed by atoms with Crippen LogP contribution in [0.4, 0.5) is 0 Å². The minimum absolute atomic E-state index is 0.227. The maximum absolute atomic E-state index is 10.6. The standard InChI is InChI=1S/C21H24INO/c22-19-7-5-15(6-8-19)16-9-11-23(12-10-16)20-13-17-3-1-2-4-18(17)14-21(20)24/h1-8,16,20-21,24H,9-14H2/t20-,21-/m1/s1. The maximum Gasteiger partial charge on any atom is 0.0738 e. The Morgan fingerprint density at radius 1 is 0.875 bits per heavy atom. The lowest BCUT2D eigenvalue weighted by Crippen LogP contribution is -2.50. The second kappa shape index (κ2) is 7.14. The number of halogens is 1. The molecule has 2 aromatic carbocycles. The lowest BCUT2D eigenvalue weighted by molar-refractivity contribution is 0.0294. The Morgan fingerprint density at radius 2 is 1.50 bits per heavy atom. The Morgan fingerprint density at radius 3 is 2.17 bits per heavy atom. The van der Waals surface area contributed by atoms with Crippen LogP contribution in [0.5, 0.6) is 0 Å². The van der Waals surface area contributed by atoms with E-state index in [9.17, 15) is 5.11 Å². The normalized spacial score (nSPS) is 25.4. The molecule has 0 aromatic heterocycles. The lowest BCUT2D eigenvalue weighted by Gasteiger charge is -2.42. The number of aliphatic hydroxyl groups is 1. The van der Waals surface area contributed by atoms with E-state index in [0.29, 0.717) is 5.92 Å². The molecule has 126 valence electrons. The van der Waals surface area contributed by atoms with Crippen LogP contribution in [0, 0.1) is 3.57 Å². The van der Waals surface area contributed by atoms with E-state index in [4.69, 9.17) is 0 Å². The first-order valence-corrected chi connectivity index (χ1v) is 10.0. The largest absolute Gasteiger partial charge is 0.391 e. The molecule has 3 heteroatoms. The van der Waals surface area contributed by atoms with Gasteiger partial charge in [-0.05, 0) is 89.7 Å². The van der Waals surface area contributed by atoms with Crippen molar-refractivity contribution in [1.82, 2.24) is 4.90 Å². The summed E-state index contributed by atoms with van der Waals surface area (Å²) in [6.07, 6.45) is 3.97. The van der Waals surface area contributed by atoms with Gasteiger partial charge in [0.15, 0.2) is 0 Å². The molecule has 1 N–H and O–H groups in total. The quantitative estimate of drug-likeness (QED) is 0.724. The maximum atomic E-state index is 10.6. The molecular formula is C21H24INO. The average molecular weight is 433 g/mol. The molecule has 2 nitrogen and oxygen atoms in total. The van der Waals surface area contributed by atoms with Crippen molar-refractivity contribution < 1.29 is 5.11 Å². The van der Waals surface area contributed by atoms with E-state index >= 15 is 0 Å². The van der Waals surface area contributed by atoms with Crippen LogP contribution < -0.4 is 0 Å². The zero-order valence-corrected chi connectivity index (χ0v) is 16.0. The summed E-state index contributed by atoms with van der Waals surface area (Å²) in [4.78, 5) is 2.53. The highest BCUT2D eigenvalue weighted by Crippen LogP contribution is 2.32. The van der Waals surface area contributed by atoms with E-state index in [2.05, 4.69) is 76.0 Å². The van der Waals surface area contributed by atoms with Crippen molar-refractivity contribution >= 4 is 22.6 Å². The molecular weight excluding hydrogens is 409 g/mol. The molecule has 1 aliphatic carbocycles. The van der Waals surface area contributed by atoms with Gasteiger partial charge in [0.2, 0.25) is 0 Å². The van der Waals surface area contributed by atoms with Crippen LogP contribution in [0.15, 0.2) is 48.5 Å². The average Bonchev–Trinajstić information content (AvgIpc) is 2.62. The van der Waals surface area contributed by atoms with Gasteiger partial charge in [-0.25, -0.2) is 0 Å². The number of likely N-dealkylation sites (tertiary alicyclic amines) is 1. The van der Waals surface area contributed by atoms with Gasteiger partial charge in [-0.15, -0.1) is 0 Å². The second-order valence-electron chi connectivity index (χ2n) is 7.17. The number of nitrogens with zero attached hydrogens (tertiary/aromatic N) is 1. The van der Waals surface area contributed by atoms with Gasteiger partial charge in [0, 0.05) is 16.0 Å². The number of hydrogen-bond acceptors (Lipinski definition) is 2. The molecule has 1 saturated heterocycles. The fraction of sp³-hybridized carbons (Fsp3) is 0.429. The van der Waals surface area contributed by atoms with Crippen molar-refractivity contribution in [2.75, 3.05) is 13.1 Å². The molecule has 0 unspecified atom stereocenters. The third-order valence-corrected chi connectivity index (χ3v) is 6.48. The molecule has 1 heterocycles. The molecule has 2 aromatic rings. The van der Waals surface area contributed by atoms with Crippen LogP contribution in [0.2, 0.25) is 0 Å². The highest BCUT2D eigenvalue weighted by atomic mass is 127. The first kappa shape index (κ1) is 16.6. The Labute approximate surface area is 158 Å². The molecule has 0 bridgehead atoms. The second-order valence-corrected chi connectivity index (χ2v) is 8.42. The van der Waals surface area contributed by atoms with Crippen molar-refractivity contribution in [3.63, 3.8) is 0 Å². The fourth-order valence-corrected chi connectivity index (χ4v) is 4.71. The number of rotatable bonds is 2. The minimum Gasteiger partial charge on any atom is -0.391 e. The van der Waals surface area contributed by atoms with Crippen LogP contribution in [-0.2, 0) is 12.8 Å². The predicted molar refractivity (Wildman–Crippen MR) is 106 cm³/mol. The van der Waals surface area contributed by atoms with Crippen molar-refractivity contribution in [3.8, 4) is 0 Å².